The van der Waals surface area contributed by atoms with Gasteiger partial charge in [-0.25, -0.2) is 0 Å². The lowest BCUT2D eigenvalue weighted by molar-refractivity contribution is -0.137. The first kappa shape index (κ1) is 17.8. The lowest BCUT2D eigenvalue weighted by Crippen LogP contribution is -2.11. The van der Waals surface area contributed by atoms with Gasteiger partial charge in [0.15, 0.2) is 0 Å². The fraction of sp³-hybridized carbons (Fsp3) is 0.538. The van der Waals surface area contributed by atoms with E-state index < -0.39 is 21.9 Å². The lowest BCUT2D eigenvalue weighted by atomic mass is 10.1. The molecule has 0 aliphatic heterocycles. The zero-order valence-electron chi connectivity index (χ0n) is 11.9. The minimum absolute atomic E-state index is 0.0332. The van der Waals surface area contributed by atoms with Crippen LogP contribution < -0.4 is 4.74 Å². The van der Waals surface area contributed by atoms with Crippen LogP contribution in [0.25, 0.3) is 0 Å². The highest BCUT2D eigenvalue weighted by Gasteiger charge is 2.31. The maximum Gasteiger partial charge on any atom is 0.416 e. The summed E-state index contributed by atoms with van der Waals surface area (Å²) in [6, 6.07) is 3.32. The molecular formula is C13H17F3O4S. The Kier molecular flexibility index (Phi) is 5.63. The first-order valence-electron chi connectivity index (χ1n) is 6.19. The highest BCUT2D eigenvalue weighted by molar-refractivity contribution is 7.85. The average molecular weight is 326 g/mol. The molecule has 0 saturated carbocycles. The van der Waals surface area contributed by atoms with Crippen LogP contribution in [-0.2, 0) is 26.9 Å². The maximum atomic E-state index is 12.8. The van der Waals surface area contributed by atoms with Crippen molar-refractivity contribution in [2.45, 2.75) is 32.5 Å². The van der Waals surface area contributed by atoms with Gasteiger partial charge in [0.05, 0.1) is 24.5 Å². The lowest BCUT2D eigenvalue weighted by Gasteiger charge is -2.15. The molecule has 0 unspecified atom stereocenters. The first-order chi connectivity index (χ1) is 9.47. The summed E-state index contributed by atoms with van der Waals surface area (Å²) in [5, 5.41) is 0. The molecule has 0 amide bonds. The van der Waals surface area contributed by atoms with Crippen molar-refractivity contribution >= 4 is 10.1 Å². The molecule has 0 aliphatic carbocycles. The molecule has 0 atom stereocenters. The van der Waals surface area contributed by atoms with Crippen molar-refractivity contribution < 1.29 is 30.5 Å². The number of benzene rings is 1. The SMILES string of the molecule is CC(C)Oc1cc(CCOS(C)(=O)=O)cc(C(F)(F)F)c1. The van der Waals surface area contributed by atoms with Crippen LogP contribution in [0.5, 0.6) is 5.75 Å². The second-order valence-corrected chi connectivity index (χ2v) is 6.45. The van der Waals surface area contributed by atoms with E-state index in [2.05, 4.69) is 4.18 Å². The number of hydrogen-bond donors (Lipinski definition) is 0. The summed E-state index contributed by atoms with van der Waals surface area (Å²) in [6.07, 6.45) is -3.85. The van der Waals surface area contributed by atoms with Crippen molar-refractivity contribution in [2.75, 3.05) is 12.9 Å². The Labute approximate surface area is 122 Å². The number of hydrogen-bond acceptors (Lipinski definition) is 4. The van der Waals surface area contributed by atoms with Crippen LogP contribution in [0.4, 0.5) is 13.2 Å². The van der Waals surface area contributed by atoms with Crippen LogP contribution in [0.3, 0.4) is 0 Å². The summed E-state index contributed by atoms with van der Waals surface area (Å²) in [4.78, 5) is 0. The van der Waals surface area contributed by atoms with Gasteiger partial charge in [-0.05, 0) is 44.0 Å². The molecule has 1 aromatic rings. The minimum Gasteiger partial charge on any atom is -0.491 e. The molecule has 1 aromatic carbocycles. The quantitative estimate of drug-likeness (QED) is 0.754. The third-order valence-electron chi connectivity index (χ3n) is 2.35. The van der Waals surface area contributed by atoms with Crippen molar-refractivity contribution in [1.82, 2.24) is 0 Å². The second-order valence-electron chi connectivity index (χ2n) is 4.81. The molecule has 120 valence electrons. The van der Waals surface area contributed by atoms with Gasteiger partial charge < -0.3 is 4.74 Å². The Hall–Kier alpha value is -1.28. The predicted octanol–water partition coefficient (Wildman–Crippen LogP) is 3.01. The summed E-state index contributed by atoms with van der Waals surface area (Å²) in [5.74, 6) is 0.0918. The zero-order valence-corrected chi connectivity index (χ0v) is 12.7. The number of alkyl halides is 3. The number of ether oxygens (including phenoxy) is 1. The Bertz CT molecular complexity index is 580. The van der Waals surface area contributed by atoms with E-state index in [0.29, 0.717) is 5.56 Å². The summed E-state index contributed by atoms with van der Waals surface area (Å²) >= 11 is 0. The monoisotopic (exact) mass is 326 g/mol. The molecule has 8 heteroatoms. The van der Waals surface area contributed by atoms with E-state index in [4.69, 9.17) is 4.74 Å². The van der Waals surface area contributed by atoms with Crippen LogP contribution in [0.1, 0.15) is 25.0 Å². The normalized spacial score (nSPS) is 12.7. The van der Waals surface area contributed by atoms with Crippen molar-refractivity contribution in [3.8, 4) is 5.75 Å². The van der Waals surface area contributed by atoms with Gasteiger partial charge in [-0.2, -0.15) is 21.6 Å². The molecule has 0 heterocycles. The Balaban J connectivity index is 2.96. The Morgan fingerprint density at radius 1 is 1.19 bits per heavy atom. The topological polar surface area (TPSA) is 52.6 Å². The molecule has 1 rings (SSSR count). The van der Waals surface area contributed by atoms with Gasteiger partial charge in [0, 0.05) is 0 Å². The van der Waals surface area contributed by atoms with Crippen molar-refractivity contribution in [1.29, 1.82) is 0 Å². The van der Waals surface area contributed by atoms with E-state index in [9.17, 15) is 21.6 Å². The molecule has 0 radical (unpaired) electrons. The van der Waals surface area contributed by atoms with Gasteiger partial charge in [0.25, 0.3) is 10.1 Å². The highest BCUT2D eigenvalue weighted by Crippen LogP contribution is 2.33. The van der Waals surface area contributed by atoms with Crippen LogP contribution in [0, 0.1) is 0 Å². The van der Waals surface area contributed by atoms with E-state index >= 15 is 0 Å². The molecule has 0 aliphatic rings. The molecule has 0 saturated heterocycles. The molecule has 0 bridgehead atoms. The van der Waals surface area contributed by atoms with E-state index in [0.717, 1.165) is 18.4 Å². The highest BCUT2D eigenvalue weighted by atomic mass is 32.2. The van der Waals surface area contributed by atoms with Crippen LogP contribution >= 0.6 is 0 Å². The summed E-state index contributed by atoms with van der Waals surface area (Å²) in [7, 11) is -3.62. The zero-order chi connectivity index (χ0) is 16.3. The largest absolute Gasteiger partial charge is 0.491 e. The molecule has 0 fully saturated rings. The van der Waals surface area contributed by atoms with Gasteiger partial charge in [-0.15, -0.1) is 0 Å². The van der Waals surface area contributed by atoms with E-state index in [1.54, 1.807) is 13.8 Å². The summed E-state index contributed by atoms with van der Waals surface area (Å²) in [6.45, 7) is 3.18. The van der Waals surface area contributed by atoms with Gasteiger partial charge in [-0.3, -0.25) is 4.18 Å². The maximum absolute atomic E-state index is 12.8. The fourth-order valence-corrected chi connectivity index (χ4v) is 2.01. The van der Waals surface area contributed by atoms with Crippen LogP contribution in [0.2, 0.25) is 0 Å². The van der Waals surface area contributed by atoms with Crippen LogP contribution in [0.15, 0.2) is 18.2 Å². The molecule has 0 spiro atoms. The first-order valence-corrected chi connectivity index (χ1v) is 8.01. The minimum atomic E-state index is -4.50. The standard InChI is InChI=1S/C13H17F3O4S/c1-9(2)20-12-7-10(4-5-19-21(3,17)18)6-11(8-12)13(14,15)16/h6-9H,4-5H2,1-3H3. The Morgan fingerprint density at radius 3 is 2.29 bits per heavy atom. The molecule has 21 heavy (non-hydrogen) atoms. The van der Waals surface area contributed by atoms with Gasteiger partial charge in [-0.1, -0.05) is 0 Å². The van der Waals surface area contributed by atoms with Gasteiger partial charge in [0.2, 0.25) is 0 Å². The van der Waals surface area contributed by atoms with E-state index in [1.807, 2.05) is 0 Å². The van der Waals surface area contributed by atoms with Crippen molar-refractivity contribution in [2.24, 2.45) is 0 Å². The fourth-order valence-electron chi connectivity index (χ4n) is 1.62. The Morgan fingerprint density at radius 2 is 1.81 bits per heavy atom. The second kappa shape index (κ2) is 6.65. The van der Waals surface area contributed by atoms with Gasteiger partial charge >= 0.3 is 6.18 Å². The number of rotatable bonds is 6. The number of halogens is 3. The molecule has 0 N–H and O–H groups in total. The summed E-state index contributed by atoms with van der Waals surface area (Å²) < 4.78 is 69.9. The van der Waals surface area contributed by atoms with E-state index in [1.165, 1.54) is 6.07 Å². The molecule has 4 nitrogen and oxygen atoms in total. The smallest absolute Gasteiger partial charge is 0.416 e. The predicted molar refractivity (Wildman–Crippen MR) is 71.7 cm³/mol. The summed E-state index contributed by atoms with van der Waals surface area (Å²) in [5.41, 5.74) is -0.542. The van der Waals surface area contributed by atoms with Gasteiger partial charge in [0.1, 0.15) is 5.75 Å². The average Bonchev–Trinajstić information content (AvgIpc) is 2.24. The van der Waals surface area contributed by atoms with E-state index in [-0.39, 0.29) is 24.9 Å². The van der Waals surface area contributed by atoms with Crippen molar-refractivity contribution in [3.05, 3.63) is 29.3 Å². The molecule has 0 aromatic heterocycles. The van der Waals surface area contributed by atoms with Crippen LogP contribution in [-0.4, -0.2) is 27.4 Å². The third-order valence-corrected chi connectivity index (χ3v) is 2.95. The third kappa shape index (κ3) is 6.81. The molecular weight excluding hydrogens is 309 g/mol. The van der Waals surface area contributed by atoms with Crippen molar-refractivity contribution in [3.63, 3.8) is 0 Å².